The van der Waals surface area contributed by atoms with Crippen molar-refractivity contribution in [1.82, 2.24) is 19.6 Å². The average molecular weight is 551 g/mol. The van der Waals surface area contributed by atoms with Crippen LogP contribution in [0.4, 0.5) is 11.6 Å². The molecule has 0 unspecified atom stereocenters. The molecular formula is C24H22N8S4. The molecule has 0 aliphatic carbocycles. The maximum Gasteiger partial charge on any atom is 0.146 e. The van der Waals surface area contributed by atoms with Gasteiger partial charge in [-0.05, 0) is 24.3 Å². The van der Waals surface area contributed by atoms with E-state index in [9.17, 15) is 10.5 Å². The summed E-state index contributed by atoms with van der Waals surface area (Å²) in [6, 6.07) is 23.5. The van der Waals surface area contributed by atoms with Crippen molar-refractivity contribution < 1.29 is 0 Å². The highest BCUT2D eigenvalue weighted by Gasteiger charge is 2.18. The minimum atomic E-state index is 0.359. The van der Waals surface area contributed by atoms with Gasteiger partial charge in [-0.25, -0.2) is 9.36 Å². The molecule has 2 heterocycles. The highest BCUT2D eigenvalue weighted by atomic mass is 33.1. The van der Waals surface area contributed by atoms with E-state index in [1.165, 1.54) is 23.5 Å². The highest BCUT2D eigenvalue weighted by Crippen LogP contribution is 2.32. The normalized spacial score (nSPS) is 10.7. The Kier molecular flexibility index (Phi) is 9.14. The number of rotatable bonds is 11. The molecule has 2 aromatic carbocycles. The maximum atomic E-state index is 9.53. The first-order valence-corrected chi connectivity index (χ1v) is 15.3. The minimum Gasteiger partial charge on any atom is -0.382 e. The van der Waals surface area contributed by atoms with Gasteiger partial charge in [0.25, 0.3) is 0 Å². The van der Waals surface area contributed by atoms with Crippen LogP contribution in [0.3, 0.4) is 0 Å². The summed E-state index contributed by atoms with van der Waals surface area (Å²) in [5.74, 6) is 4.11. The number of anilines is 2. The van der Waals surface area contributed by atoms with Crippen LogP contribution in [-0.4, -0.2) is 42.6 Å². The zero-order valence-electron chi connectivity index (χ0n) is 19.1. The van der Waals surface area contributed by atoms with Crippen LogP contribution in [0, 0.1) is 22.7 Å². The molecule has 0 bridgehead atoms. The molecule has 0 fully saturated rings. The Morgan fingerprint density at radius 1 is 0.639 bits per heavy atom. The van der Waals surface area contributed by atoms with Gasteiger partial charge in [-0.1, -0.05) is 58.0 Å². The number of hydrogen-bond acceptors (Lipinski definition) is 10. The first-order valence-electron chi connectivity index (χ1n) is 10.8. The molecule has 0 saturated carbocycles. The Bertz CT molecular complexity index is 1280. The van der Waals surface area contributed by atoms with Crippen LogP contribution in [0.5, 0.6) is 0 Å². The zero-order valence-corrected chi connectivity index (χ0v) is 22.3. The third-order valence-corrected chi connectivity index (χ3v) is 9.76. The smallest absolute Gasteiger partial charge is 0.146 e. The monoisotopic (exact) mass is 550 g/mol. The van der Waals surface area contributed by atoms with Gasteiger partial charge in [0.2, 0.25) is 0 Å². The molecule has 4 aromatic rings. The summed E-state index contributed by atoms with van der Waals surface area (Å²) < 4.78 is 3.22. The Hall–Kier alpha value is -3.16. The molecule has 12 heteroatoms. The van der Waals surface area contributed by atoms with Crippen LogP contribution >= 0.6 is 45.1 Å². The Morgan fingerprint density at radius 2 is 1.03 bits per heavy atom. The Balaban J connectivity index is 1.22. The minimum absolute atomic E-state index is 0.359. The van der Waals surface area contributed by atoms with Crippen LogP contribution in [0.25, 0.3) is 11.4 Å². The van der Waals surface area contributed by atoms with Crippen molar-refractivity contribution in [2.75, 3.05) is 34.5 Å². The number of nitriles is 2. The van der Waals surface area contributed by atoms with E-state index in [-0.39, 0.29) is 0 Å². The average Bonchev–Trinajstić information content (AvgIpc) is 3.41. The lowest BCUT2D eigenvalue weighted by Gasteiger charge is -2.02. The van der Waals surface area contributed by atoms with E-state index in [1.54, 1.807) is 31.0 Å². The topological polar surface area (TPSA) is 135 Å². The molecule has 0 spiro atoms. The molecule has 0 amide bonds. The molecule has 4 rings (SSSR count). The number of para-hydroxylation sites is 2. The molecule has 0 aliphatic heterocycles. The summed E-state index contributed by atoms with van der Waals surface area (Å²) in [4.78, 5) is 0. The molecule has 8 nitrogen and oxygen atoms in total. The fourth-order valence-electron chi connectivity index (χ4n) is 3.23. The Labute approximate surface area is 225 Å². The number of benzene rings is 2. The molecule has 2 aromatic heterocycles. The van der Waals surface area contributed by atoms with Crippen molar-refractivity contribution in [2.45, 2.75) is 10.1 Å². The van der Waals surface area contributed by atoms with Crippen LogP contribution in [0.15, 0.2) is 70.7 Å². The van der Waals surface area contributed by atoms with Gasteiger partial charge in [-0.15, -0.1) is 23.5 Å². The lowest BCUT2D eigenvalue weighted by molar-refractivity contribution is 0.845. The second-order valence-electron chi connectivity index (χ2n) is 7.19. The standard InChI is InChI=1S/C24H22N8S4/c25-15-19-21(27)31(17-7-3-1-4-8-17)29-23(19)33-11-13-35-36-14-12-34-24-20(16-26)22(28)32(30-24)18-9-5-2-6-10-18/h1-10H,11-14,27-28H2. The lowest BCUT2D eigenvalue weighted by atomic mass is 10.3. The van der Waals surface area contributed by atoms with Crippen molar-refractivity contribution >= 4 is 56.7 Å². The van der Waals surface area contributed by atoms with Crippen LogP contribution in [0.2, 0.25) is 0 Å². The first kappa shape index (κ1) is 25.9. The third-order valence-electron chi connectivity index (χ3n) is 4.90. The van der Waals surface area contributed by atoms with Gasteiger partial charge in [-0.3, -0.25) is 0 Å². The molecule has 0 aliphatic rings. The van der Waals surface area contributed by atoms with E-state index in [1.807, 2.05) is 60.7 Å². The fraction of sp³-hybridized carbons (Fsp3) is 0.167. The summed E-state index contributed by atoms with van der Waals surface area (Å²) in [6.45, 7) is 0. The summed E-state index contributed by atoms with van der Waals surface area (Å²) in [5.41, 5.74) is 14.8. The van der Waals surface area contributed by atoms with Gasteiger partial charge in [-0.2, -0.15) is 20.7 Å². The summed E-state index contributed by atoms with van der Waals surface area (Å²) in [5, 5.41) is 29.5. The fourth-order valence-corrected chi connectivity index (χ4v) is 7.86. The molecule has 0 atom stereocenters. The van der Waals surface area contributed by atoms with Crippen molar-refractivity contribution in [3.63, 3.8) is 0 Å². The number of nitrogens with zero attached hydrogens (tertiary/aromatic N) is 6. The number of aromatic nitrogens is 4. The molecule has 0 saturated heterocycles. The zero-order chi connectivity index (χ0) is 25.3. The van der Waals surface area contributed by atoms with E-state index in [0.717, 1.165) is 34.4 Å². The van der Waals surface area contributed by atoms with Gasteiger partial charge in [0.15, 0.2) is 0 Å². The van der Waals surface area contributed by atoms with Crippen LogP contribution in [0.1, 0.15) is 11.1 Å². The van der Waals surface area contributed by atoms with Gasteiger partial charge in [0, 0.05) is 23.0 Å². The SMILES string of the molecule is N#Cc1c(SCCSSCCSc2nn(-c3ccccc3)c(N)c2C#N)nn(-c2ccccc2)c1N. The number of nitrogen functional groups attached to an aromatic ring is 2. The number of thioether (sulfide) groups is 2. The predicted molar refractivity (Wildman–Crippen MR) is 152 cm³/mol. The lowest BCUT2D eigenvalue weighted by Crippen LogP contribution is -2.01. The summed E-state index contributed by atoms with van der Waals surface area (Å²) in [6.07, 6.45) is 0. The van der Waals surface area contributed by atoms with E-state index < -0.39 is 0 Å². The summed E-state index contributed by atoms with van der Waals surface area (Å²) in [7, 11) is 3.52. The number of hydrogen-bond donors (Lipinski definition) is 2. The van der Waals surface area contributed by atoms with Gasteiger partial charge >= 0.3 is 0 Å². The van der Waals surface area contributed by atoms with Crippen molar-refractivity contribution in [1.29, 1.82) is 10.5 Å². The first-order chi connectivity index (χ1) is 17.6. The molecule has 182 valence electrons. The molecule has 0 radical (unpaired) electrons. The quantitative estimate of drug-likeness (QED) is 0.145. The van der Waals surface area contributed by atoms with Crippen molar-refractivity contribution in [3.8, 4) is 23.5 Å². The van der Waals surface area contributed by atoms with E-state index in [2.05, 4.69) is 22.3 Å². The third kappa shape index (κ3) is 5.97. The highest BCUT2D eigenvalue weighted by molar-refractivity contribution is 8.76. The van der Waals surface area contributed by atoms with Gasteiger partial charge in [0.1, 0.15) is 45.0 Å². The van der Waals surface area contributed by atoms with Gasteiger partial charge in [0.05, 0.1) is 11.4 Å². The van der Waals surface area contributed by atoms with Crippen LogP contribution < -0.4 is 11.5 Å². The van der Waals surface area contributed by atoms with Gasteiger partial charge < -0.3 is 11.5 Å². The molecular weight excluding hydrogens is 529 g/mol. The second kappa shape index (κ2) is 12.7. The summed E-state index contributed by atoms with van der Waals surface area (Å²) >= 11 is 3.07. The van der Waals surface area contributed by atoms with E-state index in [4.69, 9.17) is 11.5 Å². The largest absolute Gasteiger partial charge is 0.382 e. The molecule has 36 heavy (non-hydrogen) atoms. The van der Waals surface area contributed by atoms with E-state index >= 15 is 0 Å². The molecule has 4 N–H and O–H groups in total. The van der Waals surface area contributed by atoms with Crippen LogP contribution in [-0.2, 0) is 0 Å². The second-order valence-corrected chi connectivity index (χ2v) is 12.1. The Morgan fingerprint density at radius 3 is 1.39 bits per heavy atom. The van der Waals surface area contributed by atoms with Crippen molar-refractivity contribution in [3.05, 3.63) is 71.8 Å². The predicted octanol–water partition coefficient (Wildman–Crippen LogP) is 5.23. The van der Waals surface area contributed by atoms with Crippen molar-refractivity contribution in [2.24, 2.45) is 0 Å². The van der Waals surface area contributed by atoms with E-state index in [0.29, 0.717) is 32.8 Å². The number of nitrogens with two attached hydrogens (primary N) is 2. The maximum absolute atomic E-state index is 9.53.